The van der Waals surface area contributed by atoms with Crippen LogP contribution in [0.1, 0.15) is 23.3 Å². The van der Waals surface area contributed by atoms with Crippen molar-refractivity contribution < 1.29 is 9.18 Å². The largest absolute Gasteiger partial charge is 0.366 e. The number of halogens is 1. The smallest absolute Gasteiger partial charge is 0.225 e. The van der Waals surface area contributed by atoms with Gasteiger partial charge in [0.1, 0.15) is 5.82 Å². The van der Waals surface area contributed by atoms with Crippen LogP contribution >= 0.6 is 11.3 Å². The van der Waals surface area contributed by atoms with Crippen LogP contribution in [0.15, 0.2) is 35.7 Å². The van der Waals surface area contributed by atoms with E-state index in [2.05, 4.69) is 23.3 Å². The molecule has 0 atom stereocenters. The summed E-state index contributed by atoms with van der Waals surface area (Å²) in [7, 11) is 0. The molecular weight excluding hydrogens is 373 g/mol. The van der Waals surface area contributed by atoms with Crippen LogP contribution in [0, 0.1) is 18.7 Å². The maximum absolute atomic E-state index is 14.0. The number of piperidine rings is 1. The van der Waals surface area contributed by atoms with Gasteiger partial charge < -0.3 is 9.80 Å². The Bertz CT molecular complexity index is 808. The molecule has 1 aromatic heterocycles. The van der Waals surface area contributed by atoms with Gasteiger partial charge in [-0.3, -0.25) is 9.69 Å². The van der Waals surface area contributed by atoms with Gasteiger partial charge in [0.15, 0.2) is 0 Å². The number of anilines is 1. The van der Waals surface area contributed by atoms with E-state index >= 15 is 0 Å². The first kappa shape index (κ1) is 19.4. The predicted octanol–water partition coefficient (Wildman–Crippen LogP) is 3.76. The van der Waals surface area contributed by atoms with Crippen molar-refractivity contribution in [2.45, 2.75) is 26.3 Å². The molecule has 0 bridgehead atoms. The average Bonchev–Trinajstić information content (AvgIpc) is 3.13. The minimum Gasteiger partial charge on any atom is -0.366 e. The van der Waals surface area contributed by atoms with Crippen molar-refractivity contribution in [3.8, 4) is 0 Å². The SMILES string of the molecule is Cc1ccsc1CN1CCC(C(=O)N2CCN(c3ccccc3F)CC2)CC1. The van der Waals surface area contributed by atoms with E-state index in [0.29, 0.717) is 37.8 Å². The Hall–Kier alpha value is -1.92. The van der Waals surface area contributed by atoms with Crippen LogP contribution in [-0.2, 0) is 11.3 Å². The molecule has 0 spiro atoms. The van der Waals surface area contributed by atoms with Crippen LogP contribution < -0.4 is 4.90 Å². The van der Waals surface area contributed by atoms with Gasteiger partial charge in [-0.2, -0.15) is 0 Å². The molecule has 6 heteroatoms. The molecule has 2 fully saturated rings. The van der Waals surface area contributed by atoms with Gasteiger partial charge in [0, 0.05) is 43.5 Å². The van der Waals surface area contributed by atoms with E-state index in [9.17, 15) is 9.18 Å². The van der Waals surface area contributed by atoms with Gasteiger partial charge in [-0.05, 0) is 62.0 Å². The molecule has 0 N–H and O–H groups in total. The summed E-state index contributed by atoms with van der Waals surface area (Å²) >= 11 is 1.82. The minimum atomic E-state index is -0.185. The van der Waals surface area contributed by atoms with Gasteiger partial charge >= 0.3 is 0 Å². The first-order valence-electron chi connectivity index (χ1n) is 10.2. The third-order valence-electron chi connectivity index (χ3n) is 6.06. The highest BCUT2D eigenvalue weighted by Gasteiger charge is 2.31. The molecule has 2 aromatic rings. The molecule has 3 heterocycles. The van der Waals surface area contributed by atoms with Crippen LogP contribution in [0.2, 0.25) is 0 Å². The first-order chi connectivity index (χ1) is 13.6. The summed E-state index contributed by atoms with van der Waals surface area (Å²) in [5.41, 5.74) is 2.02. The summed E-state index contributed by atoms with van der Waals surface area (Å²) in [5.74, 6) is 0.247. The van der Waals surface area contributed by atoms with Gasteiger partial charge in [0.25, 0.3) is 0 Å². The summed E-state index contributed by atoms with van der Waals surface area (Å²) < 4.78 is 14.0. The fourth-order valence-corrected chi connectivity index (χ4v) is 5.19. The maximum Gasteiger partial charge on any atom is 0.225 e. The second kappa shape index (κ2) is 8.62. The molecule has 1 aromatic carbocycles. The molecule has 2 aliphatic heterocycles. The molecule has 0 unspecified atom stereocenters. The quantitative estimate of drug-likeness (QED) is 0.781. The number of amides is 1. The lowest BCUT2D eigenvalue weighted by Crippen LogP contribution is -2.51. The Labute approximate surface area is 170 Å². The Morgan fingerprint density at radius 3 is 2.43 bits per heavy atom. The molecule has 2 aliphatic rings. The number of para-hydroxylation sites is 1. The fourth-order valence-electron chi connectivity index (χ4n) is 4.24. The zero-order valence-electron chi connectivity index (χ0n) is 16.4. The van der Waals surface area contributed by atoms with Crippen molar-refractivity contribution in [2.75, 3.05) is 44.2 Å². The van der Waals surface area contributed by atoms with Crippen molar-refractivity contribution >= 4 is 22.9 Å². The molecule has 2 saturated heterocycles. The van der Waals surface area contributed by atoms with Crippen molar-refractivity contribution in [1.29, 1.82) is 0 Å². The lowest BCUT2D eigenvalue weighted by molar-refractivity contribution is -0.137. The lowest BCUT2D eigenvalue weighted by atomic mass is 9.95. The van der Waals surface area contributed by atoms with Crippen molar-refractivity contribution in [3.63, 3.8) is 0 Å². The van der Waals surface area contributed by atoms with E-state index in [-0.39, 0.29) is 11.7 Å². The summed E-state index contributed by atoms with van der Waals surface area (Å²) in [5, 5.41) is 2.15. The highest BCUT2D eigenvalue weighted by Crippen LogP contribution is 2.25. The van der Waals surface area contributed by atoms with Crippen LogP contribution in [-0.4, -0.2) is 55.0 Å². The third-order valence-corrected chi connectivity index (χ3v) is 7.06. The van der Waals surface area contributed by atoms with Gasteiger partial charge in [-0.25, -0.2) is 4.39 Å². The van der Waals surface area contributed by atoms with Crippen LogP contribution in [0.5, 0.6) is 0 Å². The van der Waals surface area contributed by atoms with E-state index in [0.717, 1.165) is 32.5 Å². The number of nitrogens with zero attached hydrogens (tertiary/aromatic N) is 3. The molecule has 0 saturated carbocycles. The fraction of sp³-hybridized carbons (Fsp3) is 0.500. The van der Waals surface area contributed by atoms with Crippen molar-refractivity contribution in [1.82, 2.24) is 9.80 Å². The third kappa shape index (κ3) is 4.23. The predicted molar refractivity (Wildman–Crippen MR) is 112 cm³/mol. The Balaban J connectivity index is 1.26. The molecular formula is C22H28FN3OS. The van der Waals surface area contributed by atoms with Crippen molar-refractivity contribution in [3.05, 3.63) is 52.0 Å². The van der Waals surface area contributed by atoms with Gasteiger partial charge in [-0.1, -0.05) is 12.1 Å². The summed E-state index contributed by atoms with van der Waals surface area (Å²) in [6.07, 6.45) is 1.88. The highest BCUT2D eigenvalue weighted by atomic mass is 32.1. The summed E-state index contributed by atoms with van der Waals surface area (Å²) in [6.45, 7) is 7.91. The molecule has 4 rings (SSSR count). The topological polar surface area (TPSA) is 26.8 Å². The molecule has 1 amide bonds. The maximum atomic E-state index is 14.0. The number of rotatable bonds is 4. The number of aryl methyl sites for hydroxylation is 1. The monoisotopic (exact) mass is 401 g/mol. The number of hydrogen-bond donors (Lipinski definition) is 0. The number of piperazine rings is 1. The molecule has 0 radical (unpaired) electrons. The Morgan fingerprint density at radius 1 is 1.07 bits per heavy atom. The Kier molecular flexibility index (Phi) is 5.97. The minimum absolute atomic E-state index is 0.140. The number of benzene rings is 1. The first-order valence-corrected chi connectivity index (χ1v) is 11.0. The van der Waals surface area contributed by atoms with Crippen LogP contribution in [0.4, 0.5) is 10.1 Å². The lowest BCUT2D eigenvalue weighted by Gasteiger charge is -2.39. The van der Waals surface area contributed by atoms with Crippen LogP contribution in [0.25, 0.3) is 0 Å². The zero-order chi connectivity index (χ0) is 19.5. The normalized spacial score (nSPS) is 19.2. The van der Waals surface area contributed by atoms with Gasteiger partial charge in [-0.15, -0.1) is 11.3 Å². The standard InChI is InChI=1S/C22H28FN3OS/c1-17-8-15-28-21(17)16-24-9-6-18(7-10-24)22(27)26-13-11-25(12-14-26)20-5-3-2-4-19(20)23/h2-5,8,15,18H,6-7,9-14,16H2,1H3. The van der Waals surface area contributed by atoms with E-state index in [1.165, 1.54) is 16.5 Å². The van der Waals surface area contributed by atoms with Crippen molar-refractivity contribution in [2.24, 2.45) is 5.92 Å². The number of carbonyl (C=O) groups is 1. The molecule has 28 heavy (non-hydrogen) atoms. The highest BCUT2D eigenvalue weighted by molar-refractivity contribution is 7.10. The number of likely N-dealkylation sites (tertiary alicyclic amines) is 1. The Morgan fingerprint density at radius 2 is 1.79 bits per heavy atom. The van der Waals surface area contributed by atoms with E-state index < -0.39 is 0 Å². The summed E-state index contributed by atoms with van der Waals surface area (Å²) in [6, 6.07) is 9.07. The van der Waals surface area contributed by atoms with E-state index in [1.54, 1.807) is 6.07 Å². The van der Waals surface area contributed by atoms with E-state index in [4.69, 9.17) is 0 Å². The number of hydrogen-bond acceptors (Lipinski definition) is 4. The van der Waals surface area contributed by atoms with Gasteiger partial charge in [0.05, 0.1) is 5.69 Å². The average molecular weight is 402 g/mol. The van der Waals surface area contributed by atoms with E-state index in [1.807, 2.05) is 33.3 Å². The number of carbonyl (C=O) groups excluding carboxylic acids is 1. The molecule has 0 aliphatic carbocycles. The molecule has 4 nitrogen and oxygen atoms in total. The second-order valence-corrected chi connectivity index (χ2v) is 8.84. The zero-order valence-corrected chi connectivity index (χ0v) is 17.3. The second-order valence-electron chi connectivity index (χ2n) is 7.84. The number of thiophene rings is 1. The summed E-state index contributed by atoms with van der Waals surface area (Å²) in [4.78, 5) is 20.9. The van der Waals surface area contributed by atoms with Gasteiger partial charge in [0.2, 0.25) is 5.91 Å². The molecule has 150 valence electrons. The van der Waals surface area contributed by atoms with Crippen LogP contribution in [0.3, 0.4) is 0 Å².